The Labute approximate surface area is 204 Å². The molecule has 8 nitrogen and oxygen atoms in total. The number of aromatic nitrogens is 1. The van der Waals surface area contributed by atoms with Gasteiger partial charge in [0.15, 0.2) is 6.61 Å². The van der Waals surface area contributed by atoms with Gasteiger partial charge in [-0.3, -0.25) is 14.9 Å². The molecule has 35 heavy (non-hydrogen) atoms. The van der Waals surface area contributed by atoms with Crippen molar-refractivity contribution in [3.63, 3.8) is 0 Å². The molecule has 0 spiro atoms. The molecule has 1 aliphatic rings. The summed E-state index contributed by atoms with van der Waals surface area (Å²) >= 11 is 0. The summed E-state index contributed by atoms with van der Waals surface area (Å²) in [7, 11) is 0. The van der Waals surface area contributed by atoms with E-state index in [-0.39, 0.29) is 17.0 Å². The van der Waals surface area contributed by atoms with Crippen LogP contribution in [0.2, 0.25) is 0 Å². The summed E-state index contributed by atoms with van der Waals surface area (Å²) < 4.78 is 7.23. The van der Waals surface area contributed by atoms with Gasteiger partial charge in [0.05, 0.1) is 10.5 Å². The molecule has 0 saturated carbocycles. The van der Waals surface area contributed by atoms with Gasteiger partial charge in [-0.05, 0) is 62.9 Å². The van der Waals surface area contributed by atoms with Gasteiger partial charge in [0, 0.05) is 41.8 Å². The Morgan fingerprint density at radius 2 is 1.86 bits per heavy atom. The number of carbonyl (C=O) groups excluding carboxylic acids is 2. The number of hydrogen-bond donors (Lipinski definition) is 0. The van der Waals surface area contributed by atoms with Crippen LogP contribution in [0.3, 0.4) is 0 Å². The molecule has 2 aromatic carbocycles. The Morgan fingerprint density at radius 3 is 2.54 bits per heavy atom. The molecule has 0 bridgehead atoms. The summed E-state index contributed by atoms with van der Waals surface area (Å²) in [6, 6.07) is 15.8. The number of Topliss-reactive ketones (excluding diaryl/α,β-unsaturated/α-hetero) is 1. The zero-order valence-corrected chi connectivity index (χ0v) is 20.2. The minimum atomic E-state index is -0.767. The molecule has 0 radical (unpaired) electrons. The Morgan fingerprint density at radius 1 is 1.11 bits per heavy atom. The van der Waals surface area contributed by atoms with Gasteiger partial charge in [0.25, 0.3) is 5.69 Å². The molecule has 0 amide bonds. The third kappa shape index (κ3) is 5.11. The fraction of sp³-hybridized carbons (Fsp3) is 0.333. The third-order valence-corrected chi connectivity index (χ3v) is 6.49. The van der Waals surface area contributed by atoms with Crippen LogP contribution < -0.4 is 4.90 Å². The lowest BCUT2D eigenvalue weighted by Gasteiger charge is -2.32. The van der Waals surface area contributed by atoms with Crippen LogP contribution in [-0.2, 0) is 4.74 Å². The number of carbonyl (C=O) groups is 2. The van der Waals surface area contributed by atoms with Crippen LogP contribution in [-0.4, -0.2) is 40.9 Å². The van der Waals surface area contributed by atoms with Crippen molar-refractivity contribution in [2.75, 3.05) is 24.6 Å². The highest BCUT2D eigenvalue weighted by molar-refractivity contribution is 6.00. The molecular weight excluding hydrogens is 446 g/mol. The molecule has 0 aliphatic carbocycles. The normalized spacial score (nSPS) is 15.6. The second-order valence-electron chi connectivity index (χ2n) is 9.11. The number of rotatable bonds is 7. The maximum Gasteiger partial charge on any atom is 0.338 e. The maximum absolute atomic E-state index is 12.9. The lowest BCUT2D eigenvalue weighted by atomic mass is 9.99. The van der Waals surface area contributed by atoms with E-state index in [4.69, 9.17) is 4.74 Å². The van der Waals surface area contributed by atoms with Crippen molar-refractivity contribution in [2.24, 2.45) is 5.92 Å². The molecule has 0 N–H and O–H groups in total. The quantitative estimate of drug-likeness (QED) is 0.200. The first-order valence-corrected chi connectivity index (χ1v) is 11.7. The molecule has 1 aromatic heterocycles. The predicted octanol–water partition coefficient (Wildman–Crippen LogP) is 5.28. The number of nitro benzene ring substituents is 1. The van der Waals surface area contributed by atoms with Crippen molar-refractivity contribution < 1.29 is 19.2 Å². The third-order valence-electron chi connectivity index (χ3n) is 6.49. The number of piperidine rings is 1. The SMILES string of the molecule is Cc1cc(C(=O)COC(=O)c2ccc(N3CCCC(C)C3)c([N+](=O)[O-])c2)c(C)n1-c1ccccc1. The number of esters is 1. The average molecular weight is 476 g/mol. The Bertz CT molecular complexity index is 1270. The second kappa shape index (κ2) is 10.1. The topological polar surface area (TPSA) is 94.7 Å². The number of nitrogens with zero attached hydrogens (tertiary/aromatic N) is 3. The first-order chi connectivity index (χ1) is 16.8. The number of anilines is 1. The Hall–Kier alpha value is -3.94. The number of hydrogen-bond acceptors (Lipinski definition) is 6. The summed E-state index contributed by atoms with van der Waals surface area (Å²) in [5.74, 6) is -0.651. The highest BCUT2D eigenvalue weighted by Gasteiger charge is 2.26. The van der Waals surface area contributed by atoms with Crippen LogP contribution >= 0.6 is 0 Å². The fourth-order valence-electron chi connectivity index (χ4n) is 4.78. The molecule has 182 valence electrons. The van der Waals surface area contributed by atoms with Crippen molar-refractivity contribution >= 4 is 23.1 Å². The van der Waals surface area contributed by atoms with Gasteiger partial charge in [0.2, 0.25) is 5.78 Å². The van der Waals surface area contributed by atoms with Gasteiger partial charge in [0.1, 0.15) is 5.69 Å². The van der Waals surface area contributed by atoms with E-state index < -0.39 is 17.5 Å². The first-order valence-electron chi connectivity index (χ1n) is 11.7. The number of ether oxygens (including phenoxy) is 1. The van der Waals surface area contributed by atoms with Crippen molar-refractivity contribution in [3.8, 4) is 5.69 Å². The smallest absolute Gasteiger partial charge is 0.338 e. The van der Waals surface area contributed by atoms with Gasteiger partial charge in [-0.25, -0.2) is 4.79 Å². The van der Waals surface area contributed by atoms with E-state index in [1.165, 1.54) is 12.1 Å². The van der Waals surface area contributed by atoms with Crippen molar-refractivity contribution in [3.05, 3.63) is 87.2 Å². The second-order valence-corrected chi connectivity index (χ2v) is 9.11. The van der Waals surface area contributed by atoms with Crippen molar-refractivity contribution in [1.29, 1.82) is 0 Å². The highest BCUT2D eigenvalue weighted by Crippen LogP contribution is 2.32. The van der Waals surface area contributed by atoms with E-state index in [2.05, 4.69) is 6.92 Å². The van der Waals surface area contributed by atoms with Crippen molar-refractivity contribution in [1.82, 2.24) is 4.57 Å². The van der Waals surface area contributed by atoms with Crippen LogP contribution in [0, 0.1) is 29.9 Å². The number of aryl methyl sites for hydroxylation is 1. The minimum Gasteiger partial charge on any atom is -0.454 e. The molecular formula is C27H29N3O5. The Kier molecular flexibility index (Phi) is 7.00. The summed E-state index contributed by atoms with van der Waals surface area (Å²) in [4.78, 5) is 38.8. The number of benzene rings is 2. The average Bonchev–Trinajstić information content (AvgIpc) is 3.16. The molecule has 1 aliphatic heterocycles. The number of ketones is 1. The first kappa shape index (κ1) is 24.2. The van der Waals surface area contributed by atoms with Gasteiger partial charge < -0.3 is 14.2 Å². The van der Waals surface area contributed by atoms with E-state index in [0.29, 0.717) is 17.2 Å². The molecule has 4 rings (SSSR count). The van der Waals surface area contributed by atoms with Gasteiger partial charge in [-0.15, -0.1) is 0 Å². The maximum atomic E-state index is 12.9. The highest BCUT2D eigenvalue weighted by atomic mass is 16.6. The van der Waals surface area contributed by atoms with E-state index in [9.17, 15) is 19.7 Å². The summed E-state index contributed by atoms with van der Waals surface area (Å²) in [6.45, 7) is 6.91. The monoisotopic (exact) mass is 475 g/mol. The van der Waals surface area contributed by atoms with E-state index >= 15 is 0 Å². The summed E-state index contributed by atoms with van der Waals surface area (Å²) in [5.41, 5.74) is 3.47. The Balaban J connectivity index is 1.48. The molecule has 3 aromatic rings. The molecule has 1 saturated heterocycles. The summed E-state index contributed by atoms with van der Waals surface area (Å²) in [6.07, 6.45) is 2.06. The van der Waals surface area contributed by atoms with E-state index in [0.717, 1.165) is 43.0 Å². The molecule has 1 atom stereocenters. The van der Waals surface area contributed by atoms with Crippen LogP contribution in [0.25, 0.3) is 5.69 Å². The van der Waals surface area contributed by atoms with Crippen molar-refractivity contribution in [2.45, 2.75) is 33.6 Å². The van der Waals surface area contributed by atoms with Gasteiger partial charge >= 0.3 is 5.97 Å². The predicted molar refractivity (Wildman–Crippen MR) is 134 cm³/mol. The standard InChI is InChI=1S/C27H29N3O5/c1-18-8-7-13-28(16-18)24-12-11-21(15-25(24)30(33)34)27(32)35-17-26(31)23-14-19(2)29(20(23)3)22-9-5-4-6-10-22/h4-6,9-12,14-15,18H,7-8,13,16-17H2,1-3H3. The zero-order valence-electron chi connectivity index (χ0n) is 20.2. The van der Waals surface area contributed by atoms with Crippen LogP contribution in [0.5, 0.6) is 0 Å². The summed E-state index contributed by atoms with van der Waals surface area (Å²) in [5, 5.41) is 11.7. The van der Waals surface area contributed by atoms with Crippen LogP contribution in [0.4, 0.5) is 11.4 Å². The lowest BCUT2D eigenvalue weighted by Crippen LogP contribution is -2.34. The fourth-order valence-corrected chi connectivity index (χ4v) is 4.78. The number of nitro groups is 1. The van der Waals surface area contributed by atoms with Gasteiger partial charge in [-0.1, -0.05) is 25.1 Å². The van der Waals surface area contributed by atoms with Crippen LogP contribution in [0.15, 0.2) is 54.6 Å². The van der Waals surface area contributed by atoms with E-state index in [1.807, 2.05) is 53.6 Å². The molecule has 8 heteroatoms. The number of para-hydroxylation sites is 1. The molecule has 1 unspecified atom stereocenters. The molecule has 1 fully saturated rings. The van der Waals surface area contributed by atoms with Gasteiger partial charge in [-0.2, -0.15) is 0 Å². The zero-order chi connectivity index (χ0) is 25.1. The largest absolute Gasteiger partial charge is 0.454 e. The molecule has 2 heterocycles. The van der Waals surface area contributed by atoms with E-state index in [1.54, 1.807) is 12.1 Å². The lowest BCUT2D eigenvalue weighted by molar-refractivity contribution is -0.384. The van der Waals surface area contributed by atoms with Crippen LogP contribution in [0.1, 0.15) is 51.9 Å². The minimum absolute atomic E-state index is 0.0491.